The van der Waals surface area contributed by atoms with Crippen molar-refractivity contribution in [1.82, 2.24) is 9.88 Å². The molecule has 0 aliphatic heterocycles. The van der Waals surface area contributed by atoms with E-state index in [0.29, 0.717) is 12.3 Å². The molecule has 1 heterocycles. The lowest BCUT2D eigenvalue weighted by atomic mass is 10.0. The maximum atomic E-state index is 11.5. The van der Waals surface area contributed by atoms with E-state index in [1.165, 1.54) is 7.11 Å². The zero-order valence-electron chi connectivity index (χ0n) is 11.6. The lowest BCUT2D eigenvalue weighted by Gasteiger charge is -2.23. The minimum Gasteiger partial charge on any atom is -0.469 e. The van der Waals surface area contributed by atoms with Crippen molar-refractivity contribution in [1.29, 1.82) is 0 Å². The summed E-state index contributed by atoms with van der Waals surface area (Å²) >= 11 is 0. The Balaban J connectivity index is 2.35. The summed E-state index contributed by atoms with van der Waals surface area (Å²) < 4.78 is 10.2. The van der Waals surface area contributed by atoms with Crippen LogP contribution in [0.1, 0.15) is 23.9 Å². The second kappa shape index (κ2) is 5.40. The standard InChI is InChI=1S/C14H18N2O3/c1-9-15-11-7-10(5-6-13(11)19-9)12(16(2)3)8-14(17)18-4/h5-7,12H,8H2,1-4H3. The molecule has 0 amide bonds. The predicted molar refractivity (Wildman–Crippen MR) is 71.8 cm³/mol. The zero-order valence-corrected chi connectivity index (χ0v) is 11.6. The van der Waals surface area contributed by atoms with Crippen LogP contribution in [-0.4, -0.2) is 37.1 Å². The number of rotatable bonds is 4. The Labute approximate surface area is 112 Å². The maximum absolute atomic E-state index is 11.5. The maximum Gasteiger partial charge on any atom is 0.307 e. The molecular formula is C14H18N2O3. The molecule has 0 bridgehead atoms. The first-order valence-electron chi connectivity index (χ1n) is 6.11. The van der Waals surface area contributed by atoms with Crippen LogP contribution in [0.2, 0.25) is 0 Å². The van der Waals surface area contributed by atoms with Crippen LogP contribution in [0, 0.1) is 6.92 Å². The van der Waals surface area contributed by atoms with E-state index in [1.54, 1.807) is 0 Å². The van der Waals surface area contributed by atoms with Gasteiger partial charge in [-0.25, -0.2) is 4.98 Å². The van der Waals surface area contributed by atoms with Gasteiger partial charge in [-0.2, -0.15) is 0 Å². The first kappa shape index (κ1) is 13.5. The van der Waals surface area contributed by atoms with Gasteiger partial charge in [-0.15, -0.1) is 0 Å². The Bertz CT molecular complexity index is 589. The fourth-order valence-electron chi connectivity index (χ4n) is 2.11. The number of nitrogens with zero attached hydrogens (tertiary/aromatic N) is 2. The summed E-state index contributed by atoms with van der Waals surface area (Å²) in [4.78, 5) is 17.8. The monoisotopic (exact) mass is 262 g/mol. The Kier molecular flexibility index (Phi) is 3.85. The molecule has 0 radical (unpaired) electrons. The second-order valence-corrected chi connectivity index (χ2v) is 4.72. The average Bonchev–Trinajstić information content (AvgIpc) is 2.74. The van der Waals surface area contributed by atoms with Crippen molar-refractivity contribution >= 4 is 17.1 Å². The van der Waals surface area contributed by atoms with Gasteiger partial charge in [0.1, 0.15) is 5.52 Å². The van der Waals surface area contributed by atoms with Crippen molar-refractivity contribution in [2.75, 3.05) is 21.2 Å². The third kappa shape index (κ3) is 2.93. The number of oxazole rings is 1. The lowest BCUT2D eigenvalue weighted by Crippen LogP contribution is -2.23. The summed E-state index contributed by atoms with van der Waals surface area (Å²) in [6, 6.07) is 5.77. The van der Waals surface area contributed by atoms with E-state index < -0.39 is 0 Å². The molecule has 19 heavy (non-hydrogen) atoms. The van der Waals surface area contributed by atoms with Gasteiger partial charge in [-0.3, -0.25) is 4.79 Å². The van der Waals surface area contributed by atoms with Gasteiger partial charge in [-0.05, 0) is 31.8 Å². The quantitative estimate of drug-likeness (QED) is 0.791. The number of methoxy groups -OCH3 is 1. The molecule has 0 fully saturated rings. The number of aryl methyl sites for hydroxylation is 1. The van der Waals surface area contributed by atoms with Crippen molar-refractivity contribution in [3.05, 3.63) is 29.7 Å². The Hall–Kier alpha value is -1.88. The SMILES string of the molecule is COC(=O)CC(c1ccc2oc(C)nc2c1)N(C)C. The highest BCUT2D eigenvalue weighted by Gasteiger charge is 2.19. The number of carbonyl (C=O) groups excluding carboxylic acids is 1. The predicted octanol–water partition coefficient (Wildman–Crippen LogP) is 2.30. The van der Waals surface area contributed by atoms with E-state index in [2.05, 4.69) is 4.98 Å². The third-order valence-electron chi connectivity index (χ3n) is 3.11. The van der Waals surface area contributed by atoms with Crippen LogP contribution in [0.3, 0.4) is 0 Å². The van der Waals surface area contributed by atoms with E-state index in [-0.39, 0.29) is 12.0 Å². The number of esters is 1. The van der Waals surface area contributed by atoms with Gasteiger partial charge >= 0.3 is 5.97 Å². The summed E-state index contributed by atoms with van der Waals surface area (Å²) in [6.45, 7) is 1.82. The number of carbonyl (C=O) groups is 1. The normalized spacial score (nSPS) is 12.9. The average molecular weight is 262 g/mol. The molecule has 5 heteroatoms. The first-order chi connectivity index (χ1) is 9.01. The van der Waals surface area contributed by atoms with Gasteiger partial charge in [-0.1, -0.05) is 6.07 Å². The van der Waals surface area contributed by atoms with Crippen LogP contribution in [0.25, 0.3) is 11.1 Å². The first-order valence-corrected chi connectivity index (χ1v) is 6.11. The van der Waals surface area contributed by atoms with Crippen LogP contribution in [0.4, 0.5) is 0 Å². The van der Waals surface area contributed by atoms with Crippen LogP contribution in [0.15, 0.2) is 22.6 Å². The number of hydrogen-bond donors (Lipinski definition) is 0. The second-order valence-electron chi connectivity index (χ2n) is 4.72. The van der Waals surface area contributed by atoms with Crippen LogP contribution in [0.5, 0.6) is 0 Å². The number of hydrogen-bond acceptors (Lipinski definition) is 5. The summed E-state index contributed by atoms with van der Waals surface area (Å²) in [7, 11) is 5.27. The number of aromatic nitrogens is 1. The molecule has 0 saturated carbocycles. The number of ether oxygens (including phenoxy) is 1. The third-order valence-corrected chi connectivity index (χ3v) is 3.11. The van der Waals surface area contributed by atoms with Crippen molar-refractivity contribution < 1.29 is 13.9 Å². The molecule has 0 N–H and O–H groups in total. The molecule has 102 valence electrons. The van der Waals surface area contributed by atoms with Crippen LogP contribution in [-0.2, 0) is 9.53 Å². The highest BCUT2D eigenvalue weighted by atomic mass is 16.5. The highest BCUT2D eigenvalue weighted by Crippen LogP contribution is 2.26. The van der Waals surface area contributed by atoms with Gasteiger partial charge in [0.05, 0.1) is 13.5 Å². The summed E-state index contributed by atoms with van der Waals surface area (Å²) in [5.41, 5.74) is 2.60. The molecule has 2 rings (SSSR count). The molecular weight excluding hydrogens is 244 g/mol. The molecule has 0 saturated heterocycles. The van der Waals surface area contributed by atoms with Gasteiger partial charge in [0.25, 0.3) is 0 Å². The fourth-order valence-corrected chi connectivity index (χ4v) is 2.11. The van der Waals surface area contributed by atoms with Crippen LogP contribution >= 0.6 is 0 Å². The molecule has 0 spiro atoms. The molecule has 0 aliphatic carbocycles. The van der Waals surface area contributed by atoms with Gasteiger partial charge < -0.3 is 14.1 Å². The van der Waals surface area contributed by atoms with E-state index in [0.717, 1.165) is 16.7 Å². The fraction of sp³-hybridized carbons (Fsp3) is 0.429. The molecule has 0 aliphatic rings. The van der Waals surface area contributed by atoms with Crippen molar-refractivity contribution in [2.24, 2.45) is 0 Å². The van der Waals surface area contributed by atoms with E-state index >= 15 is 0 Å². The molecule has 1 aromatic carbocycles. The summed E-state index contributed by atoms with van der Waals surface area (Å²) in [5, 5.41) is 0. The van der Waals surface area contributed by atoms with E-state index in [9.17, 15) is 4.79 Å². The van der Waals surface area contributed by atoms with Crippen molar-refractivity contribution in [3.63, 3.8) is 0 Å². The lowest BCUT2D eigenvalue weighted by molar-refractivity contribution is -0.141. The van der Waals surface area contributed by atoms with E-state index in [1.807, 2.05) is 44.1 Å². The van der Waals surface area contributed by atoms with Gasteiger partial charge in [0.15, 0.2) is 11.5 Å². The van der Waals surface area contributed by atoms with Crippen molar-refractivity contribution in [2.45, 2.75) is 19.4 Å². The molecule has 1 unspecified atom stereocenters. The molecule has 2 aromatic rings. The molecule has 1 aromatic heterocycles. The van der Waals surface area contributed by atoms with Crippen LogP contribution < -0.4 is 0 Å². The smallest absolute Gasteiger partial charge is 0.307 e. The number of fused-ring (bicyclic) bond motifs is 1. The summed E-state index contributed by atoms with van der Waals surface area (Å²) in [6.07, 6.45) is 0.311. The van der Waals surface area contributed by atoms with Crippen molar-refractivity contribution in [3.8, 4) is 0 Å². The van der Waals surface area contributed by atoms with Gasteiger partial charge in [0, 0.05) is 13.0 Å². The minimum absolute atomic E-state index is 0.0335. The van der Waals surface area contributed by atoms with Gasteiger partial charge in [0.2, 0.25) is 0 Å². The highest BCUT2D eigenvalue weighted by molar-refractivity contribution is 5.74. The minimum atomic E-state index is -0.227. The molecule has 1 atom stereocenters. The summed E-state index contributed by atoms with van der Waals surface area (Å²) in [5.74, 6) is 0.414. The molecule has 5 nitrogen and oxygen atoms in total. The zero-order chi connectivity index (χ0) is 14.0. The Morgan fingerprint density at radius 2 is 2.21 bits per heavy atom. The largest absolute Gasteiger partial charge is 0.469 e. The number of benzene rings is 1. The van der Waals surface area contributed by atoms with E-state index in [4.69, 9.17) is 9.15 Å². The Morgan fingerprint density at radius 1 is 1.47 bits per heavy atom. The Morgan fingerprint density at radius 3 is 2.84 bits per heavy atom. The topological polar surface area (TPSA) is 55.6 Å².